The first-order chi connectivity index (χ1) is 13.4. The number of phenolic OH excluding ortho intramolecular Hbond substituents is 1. The Kier molecular flexibility index (Phi) is 3.96. The Labute approximate surface area is 157 Å². The maximum absolute atomic E-state index is 12.0. The molecule has 0 saturated carbocycles. The highest BCUT2D eigenvalue weighted by Crippen LogP contribution is 2.41. The van der Waals surface area contributed by atoms with E-state index in [1.54, 1.807) is 18.2 Å². The number of methoxy groups -OCH3 is 2. The number of hydrogen-bond acceptors (Lipinski definition) is 7. The molecular weight excluding hydrogens is 368 g/mol. The number of ether oxygens (including phenoxy) is 2. The fraction of sp³-hybridized carbons (Fsp3) is 0.100. The van der Waals surface area contributed by atoms with Crippen LogP contribution in [0.4, 0.5) is 0 Å². The third kappa shape index (κ3) is 2.71. The predicted molar refractivity (Wildman–Crippen MR) is 99.4 cm³/mol. The van der Waals surface area contributed by atoms with Crippen LogP contribution in [0.3, 0.4) is 0 Å². The van der Waals surface area contributed by atoms with Crippen molar-refractivity contribution in [3.8, 4) is 28.6 Å². The molecule has 0 aliphatic heterocycles. The van der Waals surface area contributed by atoms with Gasteiger partial charge in [0.05, 0.1) is 19.6 Å². The smallest absolute Gasteiger partial charge is 0.371 e. The molecule has 0 aliphatic rings. The van der Waals surface area contributed by atoms with Gasteiger partial charge < -0.3 is 28.5 Å². The number of aromatic carboxylic acids is 1. The predicted octanol–water partition coefficient (Wildman–Crippen LogP) is 3.63. The van der Waals surface area contributed by atoms with Gasteiger partial charge in [-0.15, -0.1) is 0 Å². The van der Waals surface area contributed by atoms with Crippen LogP contribution in [-0.2, 0) is 0 Å². The molecule has 2 aromatic carbocycles. The van der Waals surface area contributed by atoms with Crippen LogP contribution in [0.2, 0.25) is 0 Å². The molecule has 0 fully saturated rings. The van der Waals surface area contributed by atoms with Gasteiger partial charge in [0, 0.05) is 17.7 Å². The first-order valence-corrected chi connectivity index (χ1v) is 8.11. The molecule has 4 aromatic rings. The van der Waals surface area contributed by atoms with Crippen molar-refractivity contribution in [2.75, 3.05) is 14.2 Å². The largest absolute Gasteiger partial charge is 0.502 e. The summed E-state index contributed by atoms with van der Waals surface area (Å²) in [6, 6.07) is 8.56. The van der Waals surface area contributed by atoms with Crippen molar-refractivity contribution in [2.45, 2.75) is 0 Å². The molecule has 2 aromatic heterocycles. The van der Waals surface area contributed by atoms with Gasteiger partial charge in [0.2, 0.25) is 11.5 Å². The highest BCUT2D eigenvalue weighted by molar-refractivity contribution is 6.07. The Bertz CT molecular complexity index is 1270. The van der Waals surface area contributed by atoms with E-state index in [4.69, 9.17) is 18.3 Å². The minimum atomic E-state index is -1.26. The van der Waals surface area contributed by atoms with Crippen molar-refractivity contribution in [1.29, 1.82) is 0 Å². The van der Waals surface area contributed by atoms with Gasteiger partial charge in [-0.1, -0.05) is 0 Å². The molecule has 0 aliphatic carbocycles. The van der Waals surface area contributed by atoms with Crippen LogP contribution in [0.5, 0.6) is 17.2 Å². The minimum absolute atomic E-state index is 0.119. The van der Waals surface area contributed by atoms with Crippen LogP contribution >= 0.6 is 0 Å². The summed E-state index contributed by atoms with van der Waals surface area (Å²) >= 11 is 0. The van der Waals surface area contributed by atoms with Crippen LogP contribution in [0.25, 0.3) is 33.3 Å². The van der Waals surface area contributed by atoms with Crippen LogP contribution in [0, 0.1) is 0 Å². The number of hydrogen-bond donors (Lipinski definition) is 2. The van der Waals surface area contributed by atoms with Gasteiger partial charge in [0.15, 0.2) is 16.9 Å². The summed E-state index contributed by atoms with van der Waals surface area (Å²) in [7, 11) is 2.80. The lowest BCUT2D eigenvalue weighted by atomic mass is 10.1. The fourth-order valence-corrected chi connectivity index (χ4v) is 3.06. The average molecular weight is 382 g/mol. The molecule has 2 heterocycles. The van der Waals surface area contributed by atoms with Crippen molar-refractivity contribution in [1.82, 2.24) is 0 Å². The molecule has 8 heteroatoms. The maximum atomic E-state index is 12.0. The first kappa shape index (κ1) is 17.5. The molecule has 0 radical (unpaired) electrons. The topological polar surface area (TPSA) is 119 Å². The zero-order valence-electron chi connectivity index (χ0n) is 14.8. The van der Waals surface area contributed by atoms with Crippen molar-refractivity contribution in [3.05, 3.63) is 52.4 Å². The average Bonchev–Trinajstić information content (AvgIpc) is 2.67. The first-order valence-electron chi connectivity index (χ1n) is 8.11. The summed E-state index contributed by atoms with van der Waals surface area (Å²) in [5.41, 5.74) is 0.469. The van der Waals surface area contributed by atoms with Gasteiger partial charge in [0.25, 0.3) is 0 Å². The van der Waals surface area contributed by atoms with Crippen LogP contribution in [0.15, 0.2) is 50.0 Å². The second-order valence-corrected chi connectivity index (χ2v) is 6.01. The van der Waals surface area contributed by atoms with Crippen molar-refractivity contribution in [2.24, 2.45) is 0 Å². The van der Waals surface area contributed by atoms with Crippen molar-refractivity contribution >= 4 is 27.9 Å². The molecule has 0 spiro atoms. The zero-order valence-corrected chi connectivity index (χ0v) is 14.8. The van der Waals surface area contributed by atoms with E-state index < -0.39 is 5.97 Å². The number of rotatable bonds is 4. The van der Waals surface area contributed by atoms with E-state index in [2.05, 4.69) is 0 Å². The Morgan fingerprint density at radius 2 is 1.54 bits per heavy atom. The van der Waals surface area contributed by atoms with Crippen LogP contribution in [-0.4, -0.2) is 30.4 Å². The SMILES string of the molecule is COc1cc(-c2cc3cc(C(=O)O)oc4cc(=O)cc(o2)c34)cc(OC)c1O. The van der Waals surface area contributed by atoms with Crippen molar-refractivity contribution < 1.29 is 33.3 Å². The summed E-state index contributed by atoms with van der Waals surface area (Å²) in [5.74, 6) is -1.08. The summed E-state index contributed by atoms with van der Waals surface area (Å²) < 4.78 is 21.5. The van der Waals surface area contributed by atoms with Gasteiger partial charge in [-0.05, 0) is 29.7 Å². The molecular formula is C20H14O8. The minimum Gasteiger partial charge on any atom is -0.502 e. The normalized spacial score (nSPS) is 11.1. The fourth-order valence-electron chi connectivity index (χ4n) is 3.06. The summed E-state index contributed by atoms with van der Waals surface area (Å²) in [4.78, 5) is 23.4. The summed E-state index contributed by atoms with van der Waals surface area (Å²) in [5, 5.41) is 20.4. The Balaban J connectivity index is 2.07. The van der Waals surface area contributed by atoms with Gasteiger partial charge in [0.1, 0.15) is 16.9 Å². The lowest BCUT2D eigenvalue weighted by Gasteiger charge is -2.12. The molecule has 0 unspecified atom stereocenters. The molecule has 2 N–H and O–H groups in total. The Morgan fingerprint density at radius 3 is 2.11 bits per heavy atom. The number of carboxylic acids is 1. The lowest BCUT2D eigenvalue weighted by molar-refractivity contribution is 0.0663. The van der Waals surface area contributed by atoms with Crippen LogP contribution in [0.1, 0.15) is 10.6 Å². The van der Waals surface area contributed by atoms with E-state index in [1.165, 1.54) is 32.4 Å². The Hall–Kier alpha value is -3.94. The highest BCUT2D eigenvalue weighted by atomic mass is 16.5. The monoisotopic (exact) mass is 382 g/mol. The third-order valence-electron chi connectivity index (χ3n) is 4.32. The second-order valence-electron chi connectivity index (χ2n) is 6.01. The van der Waals surface area contributed by atoms with Gasteiger partial charge in [-0.25, -0.2) is 4.79 Å². The molecule has 4 rings (SSSR count). The maximum Gasteiger partial charge on any atom is 0.371 e. The second kappa shape index (κ2) is 6.34. The number of carbonyl (C=O) groups is 1. The summed E-state index contributed by atoms with van der Waals surface area (Å²) in [6.45, 7) is 0. The quantitative estimate of drug-likeness (QED) is 0.549. The molecule has 0 bridgehead atoms. The van der Waals surface area contributed by atoms with E-state index >= 15 is 0 Å². The van der Waals surface area contributed by atoms with E-state index in [-0.39, 0.29) is 39.6 Å². The zero-order chi connectivity index (χ0) is 20.0. The number of phenols is 1. The van der Waals surface area contributed by atoms with Gasteiger partial charge in [-0.3, -0.25) is 4.79 Å². The number of carboxylic acid groups (broad SMARTS) is 1. The van der Waals surface area contributed by atoms with Crippen LogP contribution < -0.4 is 14.9 Å². The van der Waals surface area contributed by atoms with E-state index in [0.29, 0.717) is 22.1 Å². The molecule has 0 amide bonds. The highest BCUT2D eigenvalue weighted by Gasteiger charge is 2.18. The molecule has 0 atom stereocenters. The standard InChI is InChI=1S/C20H14O8/c1-25-15-3-9(4-16(26-2)19(15)22)12-5-10-6-17(20(23)24)28-14-8-11(21)7-13(27-12)18(10)14/h3-8,22H,1-2H3,(H,23,24). The lowest BCUT2D eigenvalue weighted by Crippen LogP contribution is -2.01. The number of benzene rings is 2. The van der Waals surface area contributed by atoms with E-state index in [0.717, 1.165) is 0 Å². The van der Waals surface area contributed by atoms with E-state index in [1.807, 2.05) is 0 Å². The molecule has 28 heavy (non-hydrogen) atoms. The third-order valence-corrected chi connectivity index (χ3v) is 4.32. The molecule has 8 nitrogen and oxygen atoms in total. The van der Waals surface area contributed by atoms with Crippen molar-refractivity contribution in [3.63, 3.8) is 0 Å². The molecule has 0 saturated heterocycles. The Morgan fingerprint density at radius 1 is 0.929 bits per heavy atom. The van der Waals surface area contributed by atoms with E-state index in [9.17, 15) is 19.8 Å². The van der Waals surface area contributed by atoms with Gasteiger partial charge in [-0.2, -0.15) is 0 Å². The number of aromatic hydroxyl groups is 1. The molecule has 142 valence electrons. The summed E-state index contributed by atoms with van der Waals surface area (Å²) in [6.07, 6.45) is 0. The van der Waals surface area contributed by atoms with Gasteiger partial charge >= 0.3 is 5.97 Å².